The number of methoxy groups -OCH3 is 2. The van der Waals surface area contributed by atoms with Crippen molar-refractivity contribution < 1.29 is 9.47 Å². The topological polar surface area (TPSA) is 146 Å². The lowest BCUT2D eigenvalue weighted by atomic mass is 10.4. The van der Waals surface area contributed by atoms with E-state index in [1.807, 2.05) is 6.92 Å². The van der Waals surface area contributed by atoms with Gasteiger partial charge in [0.15, 0.2) is 11.6 Å². The van der Waals surface area contributed by atoms with Crippen molar-refractivity contribution in [3.05, 3.63) is 23.8 Å². The van der Waals surface area contributed by atoms with Crippen molar-refractivity contribution in [3.8, 4) is 11.8 Å². The minimum absolute atomic E-state index is 0.318. The quantitative estimate of drug-likeness (QED) is 0.455. The molecule has 0 atom stereocenters. The molecule has 0 fully saturated rings. The van der Waals surface area contributed by atoms with Crippen LogP contribution in [0.3, 0.4) is 0 Å². The van der Waals surface area contributed by atoms with Crippen LogP contribution in [0.5, 0.6) is 11.8 Å². The van der Waals surface area contributed by atoms with E-state index in [9.17, 15) is 0 Å². The van der Waals surface area contributed by atoms with Crippen LogP contribution in [0.15, 0.2) is 12.3 Å². The van der Waals surface area contributed by atoms with Crippen LogP contribution in [0.1, 0.15) is 11.5 Å². The van der Waals surface area contributed by atoms with Gasteiger partial charge in [-0.1, -0.05) is 0 Å². The van der Waals surface area contributed by atoms with Gasteiger partial charge in [-0.15, -0.1) is 0 Å². The molecule has 2 heterocycles. The Morgan fingerprint density at radius 1 is 1.00 bits per heavy atom. The molecule has 22 heavy (non-hydrogen) atoms. The van der Waals surface area contributed by atoms with Crippen LogP contribution in [0, 0.1) is 13.8 Å². The molecule has 2 aromatic heterocycles. The monoisotopic (exact) mass is 308 g/mol. The van der Waals surface area contributed by atoms with Gasteiger partial charge in [0.25, 0.3) is 0 Å². The SMILES string of the molecule is COc1cnc(C)nc1NN.COc1nc(C)cc(NN)n1. The molecule has 0 saturated carbocycles. The van der Waals surface area contributed by atoms with Gasteiger partial charge in [0, 0.05) is 11.8 Å². The first-order valence-corrected chi connectivity index (χ1v) is 6.24. The number of hydrogen-bond donors (Lipinski definition) is 4. The Labute approximate surface area is 128 Å². The molecule has 0 saturated heterocycles. The summed E-state index contributed by atoms with van der Waals surface area (Å²) in [4.78, 5) is 15.8. The third-order valence-corrected chi connectivity index (χ3v) is 2.40. The zero-order valence-corrected chi connectivity index (χ0v) is 12.9. The maximum absolute atomic E-state index is 5.17. The second-order valence-corrected chi connectivity index (χ2v) is 4.00. The summed E-state index contributed by atoms with van der Waals surface area (Å²) < 4.78 is 9.74. The molecule has 0 aliphatic carbocycles. The molecule has 2 aromatic rings. The second kappa shape index (κ2) is 8.54. The summed E-state index contributed by atoms with van der Waals surface area (Å²) in [6.45, 7) is 3.62. The summed E-state index contributed by atoms with van der Waals surface area (Å²) in [5.41, 5.74) is 5.63. The Balaban J connectivity index is 0.000000220. The minimum Gasteiger partial charge on any atom is -0.491 e. The molecule has 10 heteroatoms. The fraction of sp³-hybridized carbons (Fsp3) is 0.333. The van der Waals surface area contributed by atoms with Crippen molar-refractivity contribution in [2.24, 2.45) is 11.7 Å². The molecule has 0 aliphatic rings. The number of ether oxygens (including phenoxy) is 2. The van der Waals surface area contributed by atoms with Crippen LogP contribution in [-0.2, 0) is 0 Å². The van der Waals surface area contributed by atoms with Crippen molar-refractivity contribution >= 4 is 11.6 Å². The standard InChI is InChI=1S/2C6H10N4O/c1-4-8-3-5(11-2)6(9-4)10-7;1-4-3-5(10-7)9-6(8-4)11-2/h2*3H,7H2,1-2H3,(H,8,9,10). The highest BCUT2D eigenvalue weighted by Gasteiger charge is 2.02. The van der Waals surface area contributed by atoms with Crippen LogP contribution in [0.4, 0.5) is 11.6 Å². The molecule has 6 N–H and O–H groups in total. The zero-order valence-electron chi connectivity index (χ0n) is 12.9. The number of nitrogens with one attached hydrogen (secondary N) is 2. The molecule has 0 bridgehead atoms. The lowest BCUT2D eigenvalue weighted by Gasteiger charge is -2.05. The minimum atomic E-state index is 0.318. The molecule has 10 nitrogen and oxygen atoms in total. The van der Waals surface area contributed by atoms with Gasteiger partial charge in [-0.25, -0.2) is 26.6 Å². The predicted molar refractivity (Wildman–Crippen MR) is 82.3 cm³/mol. The van der Waals surface area contributed by atoms with Gasteiger partial charge in [-0.05, 0) is 13.8 Å². The van der Waals surface area contributed by atoms with Gasteiger partial charge in [0.1, 0.15) is 11.6 Å². The first-order chi connectivity index (χ1) is 10.5. The highest BCUT2D eigenvalue weighted by atomic mass is 16.5. The highest BCUT2D eigenvalue weighted by Crippen LogP contribution is 2.17. The van der Waals surface area contributed by atoms with Crippen molar-refractivity contribution in [3.63, 3.8) is 0 Å². The van der Waals surface area contributed by atoms with Gasteiger partial charge < -0.3 is 20.3 Å². The van der Waals surface area contributed by atoms with Crippen LogP contribution in [0.25, 0.3) is 0 Å². The summed E-state index contributed by atoms with van der Waals surface area (Å²) in [6.07, 6.45) is 1.57. The third-order valence-electron chi connectivity index (χ3n) is 2.40. The highest BCUT2D eigenvalue weighted by molar-refractivity contribution is 5.47. The summed E-state index contributed by atoms with van der Waals surface area (Å²) in [5.74, 6) is 12.6. The molecule has 2 rings (SSSR count). The van der Waals surface area contributed by atoms with Crippen molar-refractivity contribution in [1.82, 2.24) is 19.9 Å². The number of aromatic nitrogens is 4. The lowest BCUT2D eigenvalue weighted by Crippen LogP contribution is -2.11. The first-order valence-electron chi connectivity index (χ1n) is 6.24. The average Bonchev–Trinajstić information content (AvgIpc) is 2.54. The molecule has 0 amide bonds. The van der Waals surface area contributed by atoms with Gasteiger partial charge >= 0.3 is 6.01 Å². The van der Waals surface area contributed by atoms with E-state index in [4.69, 9.17) is 21.2 Å². The van der Waals surface area contributed by atoms with E-state index in [0.717, 1.165) is 5.69 Å². The second-order valence-electron chi connectivity index (χ2n) is 4.00. The summed E-state index contributed by atoms with van der Waals surface area (Å²) in [5, 5.41) is 0. The van der Waals surface area contributed by atoms with E-state index in [1.165, 1.54) is 14.2 Å². The fourth-order valence-corrected chi connectivity index (χ4v) is 1.42. The van der Waals surface area contributed by atoms with E-state index in [1.54, 1.807) is 19.2 Å². The van der Waals surface area contributed by atoms with E-state index in [0.29, 0.717) is 29.2 Å². The Morgan fingerprint density at radius 2 is 1.73 bits per heavy atom. The first kappa shape index (κ1) is 17.3. The largest absolute Gasteiger partial charge is 0.491 e. The van der Waals surface area contributed by atoms with E-state index in [2.05, 4.69) is 30.8 Å². The maximum atomic E-state index is 5.17. The number of anilines is 2. The van der Waals surface area contributed by atoms with E-state index < -0.39 is 0 Å². The third kappa shape index (κ3) is 5.00. The number of aryl methyl sites for hydroxylation is 2. The Bertz CT molecular complexity index is 585. The smallest absolute Gasteiger partial charge is 0.318 e. The van der Waals surface area contributed by atoms with Gasteiger partial charge in [-0.3, -0.25) is 0 Å². The fourth-order valence-electron chi connectivity index (χ4n) is 1.42. The van der Waals surface area contributed by atoms with E-state index >= 15 is 0 Å². The number of nitrogens with zero attached hydrogens (tertiary/aromatic N) is 4. The van der Waals surface area contributed by atoms with Crippen LogP contribution < -0.4 is 32.0 Å². The molecular formula is C12H20N8O2. The molecule has 0 aromatic carbocycles. The molecule has 0 unspecified atom stereocenters. The Kier molecular flexibility index (Phi) is 6.73. The number of hydrazine groups is 2. The average molecular weight is 308 g/mol. The molecule has 0 radical (unpaired) electrons. The van der Waals surface area contributed by atoms with Crippen LogP contribution in [-0.4, -0.2) is 34.2 Å². The molecule has 120 valence electrons. The lowest BCUT2D eigenvalue weighted by molar-refractivity contribution is 0.379. The summed E-state index contributed by atoms with van der Waals surface area (Å²) in [6, 6.07) is 2.04. The van der Waals surface area contributed by atoms with Gasteiger partial charge in [-0.2, -0.15) is 4.98 Å². The normalized spacial score (nSPS) is 9.36. The summed E-state index contributed by atoms with van der Waals surface area (Å²) >= 11 is 0. The van der Waals surface area contributed by atoms with Gasteiger partial charge in [0.05, 0.1) is 20.4 Å². The number of hydrogen-bond acceptors (Lipinski definition) is 10. The Morgan fingerprint density at radius 3 is 2.27 bits per heavy atom. The van der Waals surface area contributed by atoms with Crippen LogP contribution >= 0.6 is 0 Å². The number of rotatable bonds is 4. The van der Waals surface area contributed by atoms with E-state index in [-0.39, 0.29) is 0 Å². The summed E-state index contributed by atoms with van der Waals surface area (Å²) in [7, 11) is 3.05. The van der Waals surface area contributed by atoms with Crippen LogP contribution in [0.2, 0.25) is 0 Å². The van der Waals surface area contributed by atoms with Crippen molar-refractivity contribution in [2.45, 2.75) is 13.8 Å². The molecular weight excluding hydrogens is 288 g/mol. The predicted octanol–water partition coefficient (Wildman–Crippen LogP) is 0.158. The van der Waals surface area contributed by atoms with Crippen molar-refractivity contribution in [2.75, 3.05) is 25.1 Å². The maximum Gasteiger partial charge on any atom is 0.318 e. The Hall–Kier alpha value is -2.72. The van der Waals surface area contributed by atoms with Gasteiger partial charge in [0.2, 0.25) is 0 Å². The molecule has 0 aliphatic heterocycles. The molecule has 0 spiro atoms. The number of nitrogen functional groups attached to an aromatic ring is 2. The number of nitrogens with two attached hydrogens (primary N) is 2. The zero-order chi connectivity index (χ0) is 16.5. The van der Waals surface area contributed by atoms with Crippen molar-refractivity contribution in [1.29, 1.82) is 0 Å².